The lowest BCUT2D eigenvalue weighted by Gasteiger charge is -2.14. The summed E-state index contributed by atoms with van der Waals surface area (Å²) in [7, 11) is 1.50. The highest BCUT2D eigenvalue weighted by molar-refractivity contribution is 5.89. The fourth-order valence-electron chi connectivity index (χ4n) is 3.10. The number of methoxy groups -OCH3 is 1. The zero-order chi connectivity index (χ0) is 15.7. The van der Waals surface area contributed by atoms with E-state index >= 15 is 0 Å². The normalized spacial score (nSPS) is 19.8. The summed E-state index contributed by atoms with van der Waals surface area (Å²) >= 11 is 0. The van der Waals surface area contributed by atoms with E-state index in [0.29, 0.717) is 11.8 Å². The standard InChI is InChI=1S/C14H22O2.C3H4O2/c1-16-14(15)13(12-8-4-5-9-12)10-11-6-2-3-7-11;1-2-3(4)5/h10-12H,2-9H2,1H3;2H,1H2,(H,4,5). The van der Waals surface area contributed by atoms with Crippen molar-refractivity contribution in [1.82, 2.24) is 0 Å². The molecule has 2 aliphatic carbocycles. The monoisotopic (exact) mass is 294 g/mol. The lowest BCUT2D eigenvalue weighted by molar-refractivity contribution is -0.136. The Balaban J connectivity index is 0.000000383. The topological polar surface area (TPSA) is 63.6 Å². The van der Waals surface area contributed by atoms with Crippen molar-refractivity contribution in [2.45, 2.75) is 51.4 Å². The van der Waals surface area contributed by atoms with Gasteiger partial charge >= 0.3 is 11.9 Å². The number of allylic oxidation sites excluding steroid dienone is 1. The van der Waals surface area contributed by atoms with Gasteiger partial charge in [0.15, 0.2) is 0 Å². The number of carbonyl (C=O) groups excluding carboxylic acids is 1. The first kappa shape index (κ1) is 17.5. The third kappa shape index (κ3) is 6.15. The van der Waals surface area contributed by atoms with E-state index in [1.165, 1.54) is 58.5 Å². The van der Waals surface area contributed by atoms with Crippen LogP contribution in [0.15, 0.2) is 24.3 Å². The van der Waals surface area contributed by atoms with Crippen molar-refractivity contribution in [3.63, 3.8) is 0 Å². The molecule has 0 aromatic rings. The number of hydrogen-bond donors (Lipinski definition) is 1. The summed E-state index contributed by atoms with van der Waals surface area (Å²) in [6.07, 6.45) is 13.1. The maximum Gasteiger partial charge on any atom is 0.333 e. The predicted octanol–water partition coefficient (Wildman–Crippen LogP) is 3.72. The molecule has 0 atom stereocenters. The molecule has 4 nitrogen and oxygen atoms in total. The molecule has 0 bridgehead atoms. The van der Waals surface area contributed by atoms with E-state index in [9.17, 15) is 9.59 Å². The van der Waals surface area contributed by atoms with Crippen LogP contribution in [0.5, 0.6) is 0 Å². The van der Waals surface area contributed by atoms with Crippen LogP contribution >= 0.6 is 0 Å². The van der Waals surface area contributed by atoms with Gasteiger partial charge in [-0.3, -0.25) is 0 Å². The van der Waals surface area contributed by atoms with Crippen molar-refractivity contribution in [3.05, 3.63) is 24.3 Å². The lowest BCUT2D eigenvalue weighted by atomic mass is 9.93. The summed E-state index contributed by atoms with van der Waals surface area (Å²) in [4.78, 5) is 21.0. The molecule has 2 fully saturated rings. The molecule has 0 saturated heterocycles. The highest BCUT2D eigenvalue weighted by atomic mass is 16.5. The Morgan fingerprint density at radius 3 is 2.00 bits per heavy atom. The number of carbonyl (C=O) groups is 2. The molecule has 2 saturated carbocycles. The first-order valence-electron chi connectivity index (χ1n) is 7.73. The van der Waals surface area contributed by atoms with Crippen LogP contribution in [0.2, 0.25) is 0 Å². The van der Waals surface area contributed by atoms with Crippen LogP contribution in [0.4, 0.5) is 0 Å². The third-order valence-electron chi connectivity index (χ3n) is 4.21. The van der Waals surface area contributed by atoms with Gasteiger partial charge in [-0.25, -0.2) is 9.59 Å². The molecule has 0 spiro atoms. The molecular formula is C17H26O4. The zero-order valence-corrected chi connectivity index (χ0v) is 12.8. The molecule has 0 aromatic carbocycles. The maximum absolute atomic E-state index is 11.8. The molecule has 0 amide bonds. The second kappa shape index (κ2) is 9.37. The van der Waals surface area contributed by atoms with Crippen molar-refractivity contribution in [2.75, 3.05) is 7.11 Å². The summed E-state index contributed by atoms with van der Waals surface area (Å²) < 4.78 is 4.93. The van der Waals surface area contributed by atoms with E-state index in [1.807, 2.05) is 0 Å². The smallest absolute Gasteiger partial charge is 0.333 e. The van der Waals surface area contributed by atoms with Gasteiger partial charge in [0.2, 0.25) is 0 Å². The molecule has 2 aliphatic rings. The van der Waals surface area contributed by atoms with Crippen LogP contribution in [0.3, 0.4) is 0 Å². The minimum Gasteiger partial charge on any atom is -0.478 e. The molecule has 118 valence electrons. The maximum atomic E-state index is 11.8. The zero-order valence-electron chi connectivity index (χ0n) is 12.8. The van der Waals surface area contributed by atoms with E-state index in [0.717, 1.165) is 11.6 Å². The average Bonchev–Trinajstić information content (AvgIpc) is 3.17. The van der Waals surface area contributed by atoms with E-state index in [1.54, 1.807) is 0 Å². The second-order valence-electron chi connectivity index (χ2n) is 5.68. The van der Waals surface area contributed by atoms with Gasteiger partial charge in [-0.1, -0.05) is 38.3 Å². The Hall–Kier alpha value is -1.58. The van der Waals surface area contributed by atoms with Crippen LogP contribution < -0.4 is 0 Å². The van der Waals surface area contributed by atoms with Gasteiger partial charge in [-0.2, -0.15) is 0 Å². The number of esters is 1. The molecule has 4 heteroatoms. The Kier molecular flexibility index (Phi) is 7.80. The lowest BCUT2D eigenvalue weighted by Crippen LogP contribution is -2.13. The second-order valence-corrected chi connectivity index (χ2v) is 5.68. The molecule has 21 heavy (non-hydrogen) atoms. The van der Waals surface area contributed by atoms with Gasteiger partial charge in [0.05, 0.1) is 7.11 Å². The summed E-state index contributed by atoms with van der Waals surface area (Å²) in [6, 6.07) is 0. The van der Waals surface area contributed by atoms with Gasteiger partial charge in [0.1, 0.15) is 0 Å². The van der Waals surface area contributed by atoms with Crippen molar-refractivity contribution < 1.29 is 19.4 Å². The number of rotatable bonds is 4. The fraction of sp³-hybridized carbons (Fsp3) is 0.647. The largest absolute Gasteiger partial charge is 0.478 e. The van der Waals surface area contributed by atoms with Crippen LogP contribution in [-0.4, -0.2) is 24.2 Å². The van der Waals surface area contributed by atoms with E-state index < -0.39 is 5.97 Å². The van der Waals surface area contributed by atoms with Gasteiger partial charge in [0.25, 0.3) is 0 Å². The molecule has 2 rings (SSSR count). The summed E-state index contributed by atoms with van der Waals surface area (Å²) in [6.45, 7) is 2.96. The van der Waals surface area contributed by atoms with Crippen LogP contribution in [0.1, 0.15) is 51.4 Å². The molecule has 0 aromatic heterocycles. The first-order valence-corrected chi connectivity index (χ1v) is 7.73. The average molecular weight is 294 g/mol. The quantitative estimate of drug-likeness (QED) is 0.634. The molecule has 0 unspecified atom stereocenters. The van der Waals surface area contributed by atoms with Crippen LogP contribution in [0, 0.1) is 11.8 Å². The van der Waals surface area contributed by atoms with E-state index in [2.05, 4.69) is 12.7 Å². The molecule has 1 N–H and O–H groups in total. The summed E-state index contributed by atoms with van der Waals surface area (Å²) in [5, 5.41) is 7.60. The van der Waals surface area contributed by atoms with Gasteiger partial charge in [0, 0.05) is 11.6 Å². The van der Waals surface area contributed by atoms with Gasteiger partial charge < -0.3 is 9.84 Å². The number of aliphatic carboxylic acids is 1. The Morgan fingerprint density at radius 1 is 1.10 bits per heavy atom. The Labute approximate surface area is 126 Å². The van der Waals surface area contributed by atoms with Gasteiger partial charge in [-0.15, -0.1) is 0 Å². The number of carboxylic acids is 1. The molecular weight excluding hydrogens is 268 g/mol. The molecule has 0 aliphatic heterocycles. The number of hydrogen-bond acceptors (Lipinski definition) is 3. The highest BCUT2D eigenvalue weighted by Crippen LogP contribution is 2.35. The SMILES string of the molecule is C=CC(=O)O.COC(=O)C(=CC1CCCC1)C1CCCC1. The van der Waals surface area contributed by atoms with Crippen LogP contribution in [-0.2, 0) is 14.3 Å². The van der Waals surface area contributed by atoms with E-state index in [-0.39, 0.29) is 5.97 Å². The minimum atomic E-state index is -0.981. The van der Waals surface area contributed by atoms with Gasteiger partial charge in [-0.05, 0) is 37.5 Å². The third-order valence-corrected chi connectivity index (χ3v) is 4.21. The number of carboxylic acid groups (broad SMARTS) is 1. The summed E-state index contributed by atoms with van der Waals surface area (Å²) in [5.74, 6) is 0.0477. The molecule has 0 radical (unpaired) electrons. The molecule has 0 heterocycles. The first-order chi connectivity index (χ1) is 10.1. The Morgan fingerprint density at radius 2 is 1.57 bits per heavy atom. The minimum absolute atomic E-state index is 0.0844. The number of ether oxygens (including phenoxy) is 1. The van der Waals surface area contributed by atoms with E-state index in [4.69, 9.17) is 9.84 Å². The van der Waals surface area contributed by atoms with Crippen molar-refractivity contribution >= 4 is 11.9 Å². The van der Waals surface area contributed by atoms with Crippen molar-refractivity contribution in [1.29, 1.82) is 0 Å². The predicted molar refractivity (Wildman–Crippen MR) is 81.8 cm³/mol. The highest BCUT2D eigenvalue weighted by Gasteiger charge is 2.26. The van der Waals surface area contributed by atoms with Crippen molar-refractivity contribution in [3.8, 4) is 0 Å². The van der Waals surface area contributed by atoms with Crippen molar-refractivity contribution in [2.24, 2.45) is 11.8 Å². The fourth-order valence-corrected chi connectivity index (χ4v) is 3.10. The van der Waals surface area contributed by atoms with Crippen LogP contribution in [0.25, 0.3) is 0 Å². The Bertz CT molecular complexity index is 386. The summed E-state index contributed by atoms with van der Waals surface area (Å²) in [5.41, 5.74) is 0.979.